The van der Waals surface area contributed by atoms with Gasteiger partial charge in [0.15, 0.2) is 0 Å². The van der Waals surface area contributed by atoms with Crippen LogP contribution >= 0.6 is 11.6 Å². The van der Waals surface area contributed by atoms with Gasteiger partial charge in [0.2, 0.25) is 0 Å². The molecule has 0 spiro atoms. The largest absolute Gasteiger partial charge is 0.507 e. The van der Waals surface area contributed by atoms with Crippen molar-refractivity contribution >= 4 is 28.1 Å². The van der Waals surface area contributed by atoms with Crippen molar-refractivity contribution in [1.82, 2.24) is 0 Å². The Morgan fingerprint density at radius 3 is 2.43 bits per heavy atom. The zero-order valence-corrected chi connectivity index (χ0v) is 11.9. The average Bonchev–Trinajstić information content (AvgIpc) is 2.49. The number of aromatic hydroxyl groups is 2. The molecule has 0 amide bonds. The zero-order valence-electron chi connectivity index (χ0n) is 11.2. The molecule has 3 aromatic carbocycles. The van der Waals surface area contributed by atoms with Crippen LogP contribution in [0, 0.1) is 0 Å². The van der Waals surface area contributed by atoms with Crippen molar-refractivity contribution in [2.75, 3.05) is 5.32 Å². The molecule has 3 rings (SSSR count). The maximum absolute atomic E-state index is 9.92. The maximum Gasteiger partial charge on any atom is 0.139 e. The lowest BCUT2D eigenvalue weighted by Gasteiger charge is -2.12. The lowest BCUT2D eigenvalue weighted by Crippen LogP contribution is -2.00. The van der Waals surface area contributed by atoms with E-state index in [1.54, 1.807) is 24.3 Å². The predicted molar refractivity (Wildman–Crippen MR) is 86.1 cm³/mol. The zero-order chi connectivity index (χ0) is 14.8. The molecule has 0 unspecified atom stereocenters. The van der Waals surface area contributed by atoms with Gasteiger partial charge in [0.05, 0.1) is 5.02 Å². The van der Waals surface area contributed by atoms with E-state index in [9.17, 15) is 10.2 Å². The van der Waals surface area contributed by atoms with Gasteiger partial charge in [0.25, 0.3) is 0 Å². The molecule has 0 aliphatic rings. The summed E-state index contributed by atoms with van der Waals surface area (Å²) in [6.07, 6.45) is 0. The highest BCUT2D eigenvalue weighted by atomic mass is 35.5. The Morgan fingerprint density at radius 1 is 0.857 bits per heavy atom. The standard InChI is InChI=1S/C17H14ClNO2/c18-14-7-1-4-11(17(14)21)10-19-15-8-2-6-13-12(15)5-3-9-16(13)20/h1-9,19-21H,10H2. The summed E-state index contributed by atoms with van der Waals surface area (Å²) in [5, 5.41) is 25.1. The molecule has 4 heteroatoms. The average molecular weight is 300 g/mol. The molecule has 0 aromatic heterocycles. The van der Waals surface area contributed by atoms with Crippen LogP contribution in [0.2, 0.25) is 5.02 Å². The van der Waals surface area contributed by atoms with Crippen LogP contribution in [-0.4, -0.2) is 10.2 Å². The third-order valence-corrected chi connectivity index (χ3v) is 3.74. The normalized spacial score (nSPS) is 10.7. The highest BCUT2D eigenvalue weighted by Crippen LogP contribution is 2.31. The van der Waals surface area contributed by atoms with Crippen molar-refractivity contribution in [3.63, 3.8) is 0 Å². The number of hydrogen-bond acceptors (Lipinski definition) is 3. The van der Waals surface area contributed by atoms with E-state index in [2.05, 4.69) is 5.32 Å². The second-order valence-electron chi connectivity index (χ2n) is 4.78. The number of hydrogen-bond donors (Lipinski definition) is 3. The Kier molecular flexibility index (Phi) is 3.59. The molecule has 21 heavy (non-hydrogen) atoms. The van der Waals surface area contributed by atoms with E-state index >= 15 is 0 Å². The molecule has 3 aromatic rings. The summed E-state index contributed by atoms with van der Waals surface area (Å²) < 4.78 is 0. The van der Waals surface area contributed by atoms with Gasteiger partial charge in [0.1, 0.15) is 11.5 Å². The highest BCUT2D eigenvalue weighted by molar-refractivity contribution is 6.32. The Bertz CT molecular complexity index is 802. The lowest BCUT2D eigenvalue weighted by molar-refractivity contribution is 0.469. The van der Waals surface area contributed by atoms with Gasteiger partial charge in [-0.1, -0.05) is 48.0 Å². The lowest BCUT2D eigenvalue weighted by atomic mass is 10.1. The summed E-state index contributed by atoms with van der Waals surface area (Å²) in [5.41, 5.74) is 1.61. The van der Waals surface area contributed by atoms with Crippen LogP contribution in [0.5, 0.6) is 11.5 Å². The van der Waals surface area contributed by atoms with Crippen LogP contribution in [0.4, 0.5) is 5.69 Å². The number of fused-ring (bicyclic) bond motifs is 1. The first-order valence-electron chi connectivity index (χ1n) is 6.58. The van der Waals surface area contributed by atoms with Crippen LogP contribution in [0.25, 0.3) is 10.8 Å². The van der Waals surface area contributed by atoms with Crippen molar-refractivity contribution in [2.45, 2.75) is 6.54 Å². The Morgan fingerprint density at radius 2 is 1.57 bits per heavy atom. The number of halogens is 1. The first-order valence-corrected chi connectivity index (χ1v) is 6.95. The van der Waals surface area contributed by atoms with E-state index in [1.807, 2.05) is 30.3 Å². The molecule has 0 heterocycles. The minimum absolute atomic E-state index is 0.0924. The molecular weight excluding hydrogens is 286 g/mol. The molecule has 106 valence electrons. The summed E-state index contributed by atoms with van der Waals surface area (Å²) in [4.78, 5) is 0. The van der Waals surface area contributed by atoms with Crippen molar-refractivity contribution < 1.29 is 10.2 Å². The van der Waals surface area contributed by atoms with Gasteiger partial charge >= 0.3 is 0 Å². The number of phenols is 2. The van der Waals surface area contributed by atoms with Crippen LogP contribution in [0.3, 0.4) is 0 Å². The van der Waals surface area contributed by atoms with Gasteiger partial charge in [-0.15, -0.1) is 0 Å². The molecule has 0 aliphatic heterocycles. The van der Waals surface area contributed by atoms with Gasteiger partial charge in [0, 0.05) is 28.6 Å². The van der Waals surface area contributed by atoms with Gasteiger partial charge in [-0.25, -0.2) is 0 Å². The van der Waals surface area contributed by atoms with Crippen LogP contribution < -0.4 is 5.32 Å². The smallest absolute Gasteiger partial charge is 0.139 e. The molecular formula is C17H14ClNO2. The summed E-state index contributed by atoms with van der Waals surface area (Å²) in [6, 6.07) is 16.4. The van der Waals surface area contributed by atoms with E-state index in [0.29, 0.717) is 11.6 Å². The van der Waals surface area contributed by atoms with E-state index in [-0.39, 0.29) is 11.5 Å². The molecule has 3 N–H and O–H groups in total. The second kappa shape index (κ2) is 5.54. The monoisotopic (exact) mass is 299 g/mol. The molecule has 0 aliphatic carbocycles. The quantitative estimate of drug-likeness (QED) is 0.666. The number of phenolic OH excluding ortho intramolecular Hbond substituents is 2. The van der Waals surface area contributed by atoms with E-state index in [0.717, 1.165) is 22.0 Å². The Hall–Kier alpha value is -2.39. The third kappa shape index (κ3) is 2.60. The SMILES string of the molecule is Oc1c(Cl)cccc1CNc1cccc2c(O)cccc12. The fourth-order valence-electron chi connectivity index (χ4n) is 2.34. The molecule has 0 saturated carbocycles. The highest BCUT2D eigenvalue weighted by Gasteiger charge is 2.07. The minimum atomic E-state index is 0.0924. The van der Waals surface area contributed by atoms with Gasteiger partial charge in [-0.2, -0.15) is 0 Å². The summed E-state index contributed by atoms with van der Waals surface area (Å²) in [5.74, 6) is 0.344. The predicted octanol–water partition coefficient (Wildman–Crippen LogP) is 4.52. The van der Waals surface area contributed by atoms with Gasteiger partial charge in [-0.3, -0.25) is 0 Å². The molecule has 0 fully saturated rings. The topological polar surface area (TPSA) is 52.5 Å². The maximum atomic E-state index is 9.92. The van der Waals surface area contributed by atoms with Crippen LogP contribution in [0.1, 0.15) is 5.56 Å². The molecule has 0 radical (unpaired) electrons. The van der Waals surface area contributed by atoms with Crippen molar-refractivity contribution in [3.8, 4) is 11.5 Å². The third-order valence-electron chi connectivity index (χ3n) is 3.44. The molecule has 0 bridgehead atoms. The van der Waals surface area contributed by atoms with Crippen LogP contribution in [-0.2, 0) is 6.54 Å². The fourth-order valence-corrected chi connectivity index (χ4v) is 2.53. The number of benzene rings is 3. The van der Waals surface area contributed by atoms with Crippen molar-refractivity contribution in [2.24, 2.45) is 0 Å². The number of para-hydroxylation sites is 1. The van der Waals surface area contributed by atoms with Gasteiger partial charge < -0.3 is 15.5 Å². The van der Waals surface area contributed by atoms with E-state index in [4.69, 9.17) is 11.6 Å². The van der Waals surface area contributed by atoms with E-state index in [1.165, 1.54) is 0 Å². The second-order valence-corrected chi connectivity index (χ2v) is 5.19. The fraction of sp³-hybridized carbons (Fsp3) is 0.0588. The molecule has 0 saturated heterocycles. The Balaban J connectivity index is 1.92. The summed E-state index contributed by atoms with van der Waals surface area (Å²) in [6.45, 7) is 0.446. The van der Waals surface area contributed by atoms with Crippen molar-refractivity contribution in [3.05, 3.63) is 65.2 Å². The number of nitrogens with one attached hydrogen (secondary N) is 1. The number of rotatable bonds is 3. The van der Waals surface area contributed by atoms with Crippen molar-refractivity contribution in [1.29, 1.82) is 0 Å². The van der Waals surface area contributed by atoms with Crippen LogP contribution in [0.15, 0.2) is 54.6 Å². The summed E-state index contributed by atoms with van der Waals surface area (Å²) >= 11 is 5.90. The van der Waals surface area contributed by atoms with E-state index < -0.39 is 0 Å². The Labute approximate surface area is 127 Å². The summed E-state index contributed by atoms with van der Waals surface area (Å²) in [7, 11) is 0. The first-order chi connectivity index (χ1) is 10.2. The molecule has 3 nitrogen and oxygen atoms in total. The molecule has 0 atom stereocenters. The minimum Gasteiger partial charge on any atom is -0.507 e. The first kappa shape index (κ1) is 13.6. The van der Waals surface area contributed by atoms with Gasteiger partial charge in [-0.05, 0) is 18.2 Å². The number of anilines is 1.